The van der Waals surface area contributed by atoms with Crippen LogP contribution in [0.5, 0.6) is 5.75 Å². The molecule has 0 aliphatic heterocycles. The predicted molar refractivity (Wildman–Crippen MR) is 64.5 cm³/mol. The van der Waals surface area contributed by atoms with Crippen LogP contribution in [-0.4, -0.2) is 24.2 Å². The van der Waals surface area contributed by atoms with E-state index in [1.165, 1.54) is 6.07 Å². The normalized spacial score (nSPS) is 25.9. The highest BCUT2D eigenvalue weighted by molar-refractivity contribution is 5.83. The second-order valence-electron chi connectivity index (χ2n) is 4.97. The van der Waals surface area contributed by atoms with Crippen LogP contribution in [0.25, 0.3) is 0 Å². The van der Waals surface area contributed by atoms with Gasteiger partial charge in [0.05, 0.1) is 18.1 Å². The Kier molecular flexibility index (Phi) is 3.41. The molecule has 0 spiro atoms. The fourth-order valence-corrected chi connectivity index (χ4v) is 2.59. The third-order valence-electron chi connectivity index (χ3n) is 3.69. The molecule has 1 aliphatic rings. The van der Waals surface area contributed by atoms with Crippen molar-refractivity contribution >= 4 is 5.97 Å². The Morgan fingerprint density at radius 3 is 2.45 bits per heavy atom. The first kappa shape index (κ1) is 14.6. The van der Waals surface area contributed by atoms with E-state index in [1.54, 1.807) is 0 Å². The minimum atomic E-state index is -4.55. The highest BCUT2D eigenvalue weighted by Gasteiger charge is 2.51. The van der Waals surface area contributed by atoms with E-state index in [1.807, 2.05) is 0 Å². The van der Waals surface area contributed by atoms with Gasteiger partial charge in [-0.15, -0.1) is 0 Å². The second kappa shape index (κ2) is 4.66. The molecule has 4 nitrogen and oxygen atoms in total. The van der Waals surface area contributed by atoms with Gasteiger partial charge in [0.2, 0.25) is 0 Å². The van der Waals surface area contributed by atoms with E-state index in [-0.39, 0.29) is 30.2 Å². The van der Waals surface area contributed by atoms with Crippen LogP contribution in [0.1, 0.15) is 24.0 Å². The maximum atomic E-state index is 12.8. The fourth-order valence-electron chi connectivity index (χ4n) is 2.59. The van der Waals surface area contributed by atoms with Gasteiger partial charge < -0.3 is 15.6 Å². The summed E-state index contributed by atoms with van der Waals surface area (Å²) >= 11 is 0. The van der Waals surface area contributed by atoms with Crippen LogP contribution in [0.15, 0.2) is 18.2 Å². The zero-order chi connectivity index (χ0) is 15.1. The van der Waals surface area contributed by atoms with Gasteiger partial charge in [0.15, 0.2) is 0 Å². The van der Waals surface area contributed by atoms with Gasteiger partial charge in [0, 0.05) is 6.04 Å². The maximum Gasteiger partial charge on any atom is 0.419 e. The molecular formula is C13H14F3NO3. The number of rotatable bonds is 3. The minimum Gasteiger partial charge on any atom is -0.496 e. The Hall–Kier alpha value is -1.76. The molecule has 0 saturated heterocycles. The lowest BCUT2D eigenvalue weighted by Gasteiger charge is -2.43. The summed E-state index contributed by atoms with van der Waals surface area (Å²) < 4.78 is 43.0. The summed E-state index contributed by atoms with van der Waals surface area (Å²) in [7, 11) is 1.12. The molecule has 1 fully saturated rings. The summed E-state index contributed by atoms with van der Waals surface area (Å²) in [5.74, 6) is -1.46. The number of carboxylic acid groups (broad SMARTS) is 1. The summed E-state index contributed by atoms with van der Waals surface area (Å²) in [6.45, 7) is 0. The monoisotopic (exact) mass is 289 g/mol. The molecule has 0 unspecified atom stereocenters. The topological polar surface area (TPSA) is 72.5 Å². The number of benzene rings is 1. The van der Waals surface area contributed by atoms with Crippen molar-refractivity contribution in [1.82, 2.24) is 0 Å². The van der Waals surface area contributed by atoms with Crippen molar-refractivity contribution in [1.29, 1.82) is 0 Å². The van der Waals surface area contributed by atoms with E-state index >= 15 is 0 Å². The lowest BCUT2D eigenvalue weighted by atomic mass is 9.62. The number of hydrogen-bond donors (Lipinski definition) is 2. The molecule has 1 aromatic carbocycles. The number of alkyl halides is 3. The van der Waals surface area contributed by atoms with Gasteiger partial charge in [0.1, 0.15) is 5.75 Å². The van der Waals surface area contributed by atoms with E-state index in [0.29, 0.717) is 0 Å². The molecule has 0 radical (unpaired) electrons. The second-order valence-corrected chi connectivity index (χ2v) is 4.97. The third kappa shape index (κ3) is 2.22. The van der Waals surface area contributed by atoms with Crippen LogP contribution in [0, 0.1) is 0 Å². The van der Waals surface area contributed by atoms with Crippen molar-refractivity contribution < 1.29 is 27.8 Å². The smallest absolute Gasteiger partial charge is 0.419 e. The van der Waals surface area contributed by atoms with Crippen molar-refractivity contribution in [2.24, 2.45) is 5.73 Å². The number of halogens is 3. The van der Waals surface area contributed by atoms with Gasteiger partial charge >= 0.3 is 12.1 Å². The molecule has 0 aromatic heterocycles. The number of ether oxygens (including phenoxy) is 1. The van der Waals surface area contributed by atoms with Crippen molar-refractivity contribution in [3.05, 3.63) is 29.3 Å². The van der Waals surface area contributed by atoms with Gasteiger partial charge in [-0.05, 0) is 30.5 Å². The molecule has 0 amide bonds. The van der Waals surface area contributed by atoms with Crippen LogP contribution in [0.2, 0.25) is 0 Å². The summed E-state index contributed by atoms with van der Waals surface area (Å²) in [5.41, 5.74) is 3.78. The first-order chi connectivity index (χ1) is 9.20. The van der Waals surface area contributed by atoms with Crippen LogP contribution in [0.3, 0.4) is 0 Å². The minimum absolute atomic E-state index is 0.205. The largest absolute Gasteiger partial charge is 0.496 e. The summed E-state index contributed by atoms with van der Waals surface area (Å²) in [4.78, 5) is 11.4. The molecule has 7 heteroatoms. The Balaban J connectivity index is 2.47. The van der Waals surface area contributed by atoms with Gasteiger partial charge in [-0.2, -0.15) is 13.2 Å². The van der Waals surface area contributed by atoms with E-state index in [9.17, 15) is 23.1 Å². The number of aliphatic carboxylic acids is 1. The van der Waals surface area contributed by atoms with E-state index in [0.717, 1.165) is 19.2 Å². The molecule has 2 rings (SSSR count). The molecule has 1 aliphatic carbocycles. The molecule has 0 heterocycles. The summed E-state index contributed by atoms with van der Waals surface area (Å²) in [6, 6.07) is 2.93. The number of hydrogen-bond acceptors (Lipinski definition) is 3. The molecule has 0 atom stereocenters. The molecular weight excluding hydrogens is 275 g/mol. The van der Waals surface area contributed by atoms with Gasteiger partial charge in [0.25, 0.3) is 0 Å². The standard InChI is InChI=1S/C13H14F3NO3/c1-20-10-4-7(2-3-9(10)13(14,15)16)12(11(18)19)5-8(17)6-12/h2-4,8H,5-6,17H2,1H3,(H,18,19). The zero-order valence-corrected chi connectivity index (χ0v) is 10.7. The fraction of sp³-hybridized carbons (Fsp3) is 0.462. The predicted octanol–water partition coefficient (Wildman–Crippen LogP) is 2.16. The summed E-state index contributed by atoms with van der Waals surface area (Å²) in [6.07, 6.45) is -4.13. The molecule has 110 valence electrons. The zero-order valence-electron chi connectivity index (χ0n) is 10.7. The Morgan fingerprint density at radius 1 is 1.45 bits per heavy atom. The molecule has 1 aromatic rings. The first-order valence-electron chi connectivity index (χ1n) is 5.95. The van der Waals surface area contributed by atoms with Crippen molar-refractivity contribution in [3.63, 3.8) is 0 Å². The SMILES string of the molecule is COc1cc(C2(C(=O)O)CC(N)C2)ccc1C(F)(F)F. The van der Waals surface area contributed by atoms with Crippen LogP contribution >= 0.6 is 0 Å². The third-order valence-corrected chi connectivity index (χ3v) is 3.69. The average Bonchev–Trinajstić information content (AvgIpc) is 2.32. The van der Waals surface area contributed by atoms with E-state index < -0.39 is 23.1 Å². The number of methoxy groups -OCH3 is 1. The van der Waals surface area contributed by atoms with Crippen LogP contribution in [-0.2, 0) is 16.4 Å². The molecule has 20 heavy (non-hydrogen) atoms. The average molecular weight is 289 g/mol. The van der Waals surface area contributed by atoms with Crippen molar-refractivity contribution in [2.45, 2.75) is 30.5 Å². The van der Waals surface area contributed by atoms with Crippen molar-refractivity contribution in [3.8, 4) is 5.75 Å². The molecule has 1 saturated carbocycles. The Labute approximate surface area is 113 Å². The van der Waals surface area contributed by atoms with Gasteiger partial charge in [-0.1, -0.05) is 6.07 Å². The lowest BCUT2D eigenvalue weighted by molar-refractivity contribution is -0.148. The molecule has 3 N–H and O–H groups in total. The van der Waals surface area contributed by atoms with Crippen LogP contribution < -0.4 is 10.5 Å². The first-order valence-corrected chi connectivity index (χ1v) is 5.95. The van der Waals surface area contributed by atoms with E-state index in [4.69, 9.17) is 10.5 Å². The molecule has 0 bridgehead atoms. The van der Waals surface area contributed by atoms with E-state index in [2.05, 4.69) is 0 Å². The number of carbonyl (C=O) groups is 1. The Bertz CT molecular complexity index is 536. The highest BCUT2D eigenvalue weighted by atomic mass is 19.4. The quantitative estimate of drug-likeness (QED) is 0.894. The summed E-state index contributed by atoms with van der Waals surface area (Å²) in [5, 5.41) is 9.33. The number of carboxylic acids is 1. The van der Waals surface area contributed by atoms with Crippen LogP contribution in [0.4, 0.5) is 13.2 Å². The highest BCUT2D eigenvalue weighted by Crippen LogP contribution is 2.46. The lowest BCUT2D eigenvalue weighted by Crippen LogP contribution is -2.54. The Morgan fingerprint density at radius 2 is 2.05 bits per heavy atom. The maximum absolute atomic E-state index is 12.8. The number of nitrogens with two attached hydrogens (primary N) is 1. The van der Waals surface area contributed by atoms with Gasteiger partial charge in [-0.3, -0.25) is 4.79 Å². The van der Waals surface area contributed by atoms with Gasteiger partial charge in [-0.25, -0.2) is 0 Å². The van der Waals surface area contributed by atoms with Crippen molar-refractivity contribution in [2.75, 3.05) is 7.11 Å².